The molecule has 8 nitrogen and oxygen atoms in total. The third kappa shape index (κ3) is 8.20. The van der Waals surface area contributed by atoms with Gasteiger partial charge in [-0.2, -0.15) is 0 Å². The number of carbonyl (C=O) groups excluding carboxylic acids is 1. The van der Waals surface area contributed by atoms with Crippen molar-refractivity contribution in [2.75, 3.05) is 71.0 Å². The van der Waals surface area contributed by atoms with E-state index in [4.69, 9.17) is 9.47 Å². The van der Waals surface area contributed by atoms with E-state index in [2.05, 4.69) is 34.1 Å². The molecule has 0 radical (unpaired) electrons. The number of para-hydroxylation sites is 1. The highest BCUT2D eigenvalue weighted by molar-refractivity contribution is 5.79. The Labute approximate surface area is 226 Å². The van der Waals surface area contributed by atoms with Gasteiger partial charge >= 0.3 is 5.97 Å². The number of anilines is 1. The fraction of sp³-hybridized carbons (Fsp3) is 0.533. The minimum atomic E-state index is -0.759. The molecule has 4 rings (SSSR count). The van der Waals surface area contributed by atoms with Gasteiger partial charge in [0.1, 0.15) is 5.75 Å². The van der Waals surface area contributed by atoms with Crippen LogP contribution in [0.1, 0.15) is 24.8 Å². The largest absolute Gasteiger partial charge is 0.497 e. The van der Waals surface area contributed by atoms with Crippen LogP contribution >= 0.6 is 0 Å². The van der Waals surface area contributed by atoms with Crippen LogP contribution in [0.2, 0.25) is 0 Å². The van der Waals surface area contributed by atoms with Crippen LogP contribution in [-0.2, 0) is 20.7 Å². The summed E-state index contributed by atoms with van der Waals surface area (Å²) in [7, 11) is 1.63. The molecule has 0 aliphatic carbocycles. The number of ether oxygens (including phenoxy) is 2. The number of rotatable bonds is 12. The first-order valence-electron chi connectivity index (χ1n) is 13.7. The molecule has 0 saturated carbocycles. The van der Waals surface area contributed by atoms with Crippen LogP contribution < -0.4 is 9.64 Å². The van der Waals surface area contributed by atoms with Gasteiger partial charge in [-0.1, -0.05) is 30.3 Å². The van der Waals surface area contributed by atoms with Crippen LogP contribution in [0.4, 0.5) is 5.69 Å². The Morgan fingerprint density at radius 3 is 2.42 bits per heavy atom. The summed E-state index contributed by atoms with van der Waals surface area (Å²) in [5, 5.41) is 9.56. The molecule has 2 atom stereocenters. The predicted octanol–water partition coefficient (Wildman–Crippen LogP) is 3.41. The topological polar surface area (TPSA) is 82.5 Å². The summed E-state index contributed by atoms with van der Waals surface area (Å²) in [6.45, 7) is 7.40. The Morgan fingerprint density at radius 1 is 1.00 bits per heavy atom. The lowest BCUT2D eigenvalue weighted by atomic mass is 9.81. The number of nitrogens with zero attached hydrogens (tertiary/aromatic N) is 3. The first-order valence-corrected chi connectivity index (χ1v) is 13.7. The number of hydrogen-bond donors (Lipinski definition) is 1. The van der Waals surface area contributed by atoms with Crippen LogP contribution in [0, 0.1) is 11.8 Å². The van der Waals surface area contributed by atoms with Gasteiger partial charge in [0.05, 0.1) is 26.7 Å². The Balaban J connectivity index is 1.39. The van der Waals surface area contributed by atoms with E-state index < -0.39 is 5.97 Å². The molecule has 2 saturated heterocycles. The fourth-order valence-electron chi connectivity index (χ4n) is 5.57. The zero-order chi connectivity index (χ0) is 26.7. The van der Waals surface area contributed by atoms with E-state index in [0.29, 0.717) is 19.5 Å². The summed E-state index contributed by atoms with van der Waals surface area (Å²) in [5.74, 6) is 0.336. The van der Waals surface area contributed by atoms with E-state index in [1.54, 1.807) is 7.11 Å². The third-order valence-corrected chi connectivity index (χ3v) is 7.88. The van der Waals surface area contributed by atoms with Crippen molar-refractivity contribution in [3.63, 3.8) is 0 Å². The monoisotopic (exact) mass is 523 g/mol. The predicted molar refractivity (Wildman–Crippen MR) is 148 cm³/mol. The molecule has 1 amide bonds. The smallest absolute Gasteiger partial charge is 0.303 e. The number of piperidine rings is 1. The Hall–Kier alpha value is -3.10. The van der Waals surface area contributed by atoms with E-state index in [1.807, 2.05) is 35.2 Å². The number of methoxy groups -OCH3 is 1. The fourth-order valence-corrected chi connectivity index (χ4v) is 5.57. The van der Waals surface area contributed by atoms with E-state index in [-0.39, 0.29) is 24.2 Å². The molecular formula is C30H41N3O5. The number of benzene rings is 2. The zero-order valence-electron chi connectivity index (χ0n) is 22.5. The Morgan fingerprint density at radius 2 is 1.74 bits per heavy atom. The molecule has 2 heterocycles. The van der Waals surface area contributed by atoms with Gasteiger partial charge in [0.25, 0.3) is 0 Å². The molecule has 2 aromatic rings. The lowest BCUT2D eigenvalue weighted by molar-refractivity contribution is -0.139. The van der Waals surface area contributed by atoms with Gasteiger partial charge in [-0.05, 0) is 54.5 Å². The highest BCUT2D eigenvalue weighted by Gasteiger charge is 2.33. The molecule has 2 aliphatic rings. The summed E-state index contributed by atoms with van der Waals surface area (Å²) in [6, 6.07) is 18.0. The second kappa shape index (κ2) is 14.2. The second-order valence-corrected chi connectivity index (χ2v) is 10.3. The van der Waals surface area contributed by atoms with Crippen molar-refractivity contribution in [2.45, 2.75) is 25.7 Å². The van der Waals surface area contributed by atoms with E-state index in [9.17, 15) is 14.7 Å². The van der Waals surface area contributed by atoms with E-state index in [0.717, 1.165) is 70.1 Å². The molecule has 1 N–H and O–H groups in total. The van der Waals surface area contributed by atoms with Crippen LogP contribution in [-0.4, -0.2) is 92.9 Å². The number of morpholine rings is 1. The van der Waals surface area contributed by atoms with Crippen molar-refractivity contribution < 1.29 is 24.2 Å². The number of carboxylic acid groups (broad SMARTS) is 1. The van der Waals surface area contributed by atoms with Gasteiger partial charge < -0.3 is 24.4 Å². The zero-order valence-corrected chi connectivity index (χ0v) is 22.5. The molecule has 2 aliphatic heterocycles. The maximum atomic E-state index is 13.2. The summed E-state index contributed by atoms with van der Waals surface area (Å²) in [5.41, 5.74) is 2.14. The number of amides is 1. The van der Waals surface area contributed by atoms with Crippen molar-refractivity contribution in [3.8, 4) is 5.75 Å². The molecule has 2 aromatic carbocycles. The quantitative estimate of drug-likeness (QED) is 0.457. The van der Waals surface area contributed by atoms with E-state index >= 15 is 0 Å². The number of likely N-dealkylation sites (tertiary alicyclic amines) is 1. The Bertz CT molecular complexity index is 1010. The number of carboxylic acids is 1. The van der Waals surface area contributed by atoms with Crippen LogP contribution in [0.25, 0.3) is 0 Å². The molecule has 2 fully saturated rings. The van der Waals surface area contributed by atoms with Crippen molar-refractivity contribution in [2.24, 2.45) is 11.8 Å². The molecule has 0 aromatic heterocycles. The third-order valence-electron chi connectivity index (χ3n) is 7.88. The Kier molecular flexibility index (Phi) is 10.4. The number of hydrogen-bond acceptors (Lipinski definition) is 6. The molecule has 0 spiro atoms. The summed E-state index contributed by atoms with van der Waals surface area (Å²) in [6.07, 6.45) is 2.08. The normalized spacial score (nSPS) is 20.2. The van der Waals surface area contributed by atoms with Crippen molar-refractivity contribution in [1.82, 2.24) is 9.80 Å². The van der Waals surface area contributed by atoms with Gasteiger partial charge in [0, 0.05) is 57.9 Å². The molecule has 206 valence electrons. The SMILES string of the molecule is COc1ccc(CC(=O)N2CCC(CC(=O)O)C(CCN(CCN3CCOCC3)c3ccccc3)C2)cc1. The second-order valence-electron chi connectivity index (χ2n) is 10.3. The van der Waals surface area contributed by atoms with Gasteiger partial charge in [-0.25, -0.2) is 0 Å². The van der Waals surface area contributed by atoms with Gasteiger partial charge in [-0.15, -0.1) is 0 Å². The highest BCUT2D eigenvalue weighted by atomic mass is 16.5. The van der Waals surface area contributed by atoms with Gasteiger partial charge in [-0.3, -0.25) is 14.5 Å². The molecule has 8 heteroatoms. The minimum absolute atomic E-state index is 0.0782. The van der Waals surface area contributed by atoms with Gasteiger partial charge in [0.2, 0.25) is 5.91 Å². The first-order chi connectivity index (χ1) is 18.5. The summed E-state index contributed by atoms with van der Waals surface area (Å²) < 4.78 is 10.7. The minimum Gasteiger partial charge on any atom is -0.497 e. The van der Waals surface area contributed by atoms with Crippen LogP contribution in [0.5, 0.6) is 5.75 Å². The van der Waals surface area contributed by atoms with Crippen molar-refractivity contribution in [1.29, 1.82) is 0 Å². The van der Waals surface area contributed by atoms with Crippen LogP contribution in [0.15, 0.2) is 54.6 Å². The number of aliphatic carboxylic acids is 1. The van der Waals surface area contributed by atoms with E-state index in [1.165, 1.54) is 5.69 Å². The maximum absolute atomic E-state index is 13.2. The maximum Gasteiger partial charge on any atom is 0.303 e. The molecular weight excluding hydrogens is 482 g/mol. The molecule has 0 bridgehead atoms. The first kappa shape index (κ1) is 27.9. The number of carbonyl (C=O) groups is 2. The average Bonchev–Trinajstić information content (AvgIpc) is 2.95. The lowest BCUT2D eigenvalue weighted by Gasteiger charge is -2.39. The summed E-state index contributed by atoms with van der Waals surface area (Å²) in [4.78, 5) is 31.6. The molecule has 38 heavy (non-hydrogen) atoms. The standard InChI is InChI=1S/C30H41N3O5/c1-37-28-9-7-24(8-10-28)21-29(34)33-14-11-25(22-30(35)36)26(23-33)12-13-32(27-5-3-2-4-6-27)16-15-31-17-19-38-20-18-31/h2-10,25-26H,11-23H2,1H3,(H,35,36). The molecule has 2 unspecified atom stereocenters. The van der Waals surface area contributed by atoms with Crippen LogP contribution in [0.3, 0.4) is 0 Å². The van der Waals surface area contributed by atoms with Crippen molar-refractivity contribution >= 4 is 17.6 Å². The van der Waals surface area contributed by atoms with Gasteiger partial charge in [0.15, 0.2) is 0 Å². The van der Waals surface area contributed by atoms with Crippen molar-refractivity contribution in [3.05, 3.63) is 60.2 Å². The lowest BCUT2D eigenvalue weighted by Crippen LogP contribution is -2.46. The summed E-state index contributed by atoms with van der Waals surface area (Å²) >= 11 is 0. The highest BCUT2D eigenvalue weighted by Crippen LogP contribution is 2.30. The average molecular weight is 524 g/mol.